The molecular weight excluding hydrogens is 448 g/mol. The molecule has 0 aliphatic carbocycles. The van der Waals surface area contributed by atoms with Crippen LogP contribution in [0.4, 0.5) is 5.00 Å². The first-order valence-electron chi connectivity index (χ1n) is 10.0. The molecule has 0 unspecified atom stereocenters. The van der Waals surface area contributed by atoms with Crippen molar-refractivity contribution in [3.63, 3.8) is 0 Å². The van der Waals surface area contributed by atoms with Crippen molar-refractivity contribution in [1.29, 1.82) is 0 Å². The fourth-order valence-electron chi connectivity index (χ4n) is 2.96. The van der Waals surface area contributed by atoms with Gasteiger partial charge in [0.1, 0.15) is 17.4 Å². The van der Waals surface area contributed by atoms with E-state index in [4.69, 9.17) is 9.47 Å². The van der Waals surface area contributed by atoms with Crippen molar-refractivity contribution in [2.75, 3.05) is 18.2 Å². The van der Waals surface area contributed by atoms with Crippen molar-refractivity contribution < 1.29 is 19.1 Å². The third-order valence-electron chi connectivity index (χ3n) is 4.73. The number of aryl methyl sites for hydroxylation is 3. The Bertz CT molecular complexity index is 1120. The number of benzene rings is 1. The van der Waals surface area contributed by atoms with Gasteiger partial charge in [-0.1, -0.05) is 36.4 Å². The maximum atomic E-state index is 12.5. The van der Waals surface area contributed by atoms with Crippen LogP contribution >= 0.6 is 23.1 Å². The fourth-order valence-corrected chi connectivity index (χ4v) is 4.69. The zero-order chi connectivity index (χ0) is 23.3. The summed E-state index contributed by atoms with van der Waals surface area (Å²) in [4.78, 5) is 25.4. The molecule has 0 radical (unpaired) electrons. The maximum Gasteiger partial charge on any atom is 0.340 e. The van der Waals surface area contributed by atoms with Crippen LogP contribution < -0.4 is 10.1 Å². The van der Waals surface area contributed by atoms with Gasteiger partial charge in [-0.2, -0.15) is 0 Å². The van der Waals surface area contributed by atoms with E-state index in [0.29, 0.717) is 21.5 Å². The number of hydrogen-bond donors (Lipinski definition) is 1. The van der Waals surface area contributed by atoms with E-state index < -0.39 is 5.97 Å². The molecule has 170 valence electrons. The molecular formula is C22H26N4O4S2. The third-order valence-corrected chi connectivity index (χ3v) is 6.95. The predicted molar refractivity (Wildman–Crippen MR) is 126 cm³/mol. The third kappa shape index (κ3) is 5.68. The number of ether oxygens (including phenoxy) is 2. The van der Waals surface area contributed by atoms with Crippen LogP contribution in [0.15, 0.2) is 29.4 Å². The van der Waals surface area contributed by atoms with Crippen LogP contribution in [-0.2, 0) is 29.6 Å². The van der Waals surface area contributed by atoms with Crippen molar-refractivity contribution in [1.82, 2.24) is 14.8 Å². The summed E-state index contributed by atoms with van der Waals surface area (Å²) in [6, 6.07) is 7.76. The number of anilines is 1. The number of carbonyl (C=O) groups excluding carboxylic acids is 2. The molecule has 0 bridgehead atoms. The van der Waals surface area contributed by atoms with E-state index in [9.17, 15) is 9.59 Å². The van der Waals surface area contributed by atoms with Crippen molar-refractivity contribution >= 4 is 40.0 Å². The number of thiophene rings is 1. The molecule has 0 fully saturated rings. The molecule has 0 spiro atoms. The lowest BCUT2D eigenvalue weighted by Crippen LogP contribution is -2.16. The SMILES string of the molecule is CCc1cc(C(=O)OC)c(NC(=O)CSc2nnc(COc3ccc(C)cc3C)n2C)s1. The highest BCUT2D eigenvalue weighted by Crippen LogP contribution is 2.29. The largest absolute Gasteiger partial charge is 0.485 e. The van der Waals surface area contributed by atoms with Crippen molar-refractivity contribution in [3.05, 3.63) is 51.7 Å². The molecule has 0 aliphatic rings. The Labute approximate surface area is 195 Å². The lowest BCUT2D eigenvalue weighted by atomic mass is 10.1. The Balaban J connectivity index is 1.58. The standard InChI is InChI=1S/C22H26N4O4S2/c1-6-15-10-16(21(28)29-5)20(32-15)23-19(27)12-31-22-25-24-18(26(22)4)11-30-17-8-7-13(2)9-14(17)3/h7-10H,6,11-12H2,1-5H3,(H,23,27). The van der Waals surface area contributed by atoms with Gasteiger partial charge in [0, 0.05) is 11.9 Å². The maximum absolute atomic E-state index is 12.5. The van der Waals surface area contributed by atoms with E-state index >= 15 is 0 Å². The molecule has 2 aromatic heterocycles. The predicted octanol–water partition coefficient (Wildman–Crippen LogP) is 4.15. The Hall–Kier alpha value is -2.85. The highest BCUT2D eigenvalue weighted by molar-refractivity contribution is 7.99. The molecule has 3 rings (SSSR count). The molecule has 3 aromatic rings. The first-order valence-corrected chi connectivity index (χ1v) is 11.8. The van der Waals surface area contributed by atoms with Crippen LogP contribution in [0.1, 0.15) is 39.1 Å². The van der Waals surface area contributed by atoms with E-state index in [0.717, 1.165) is 22.6 Å². The minimum absolute atomic E-state index is 0.129. The van der Waals surface area contributed by atoms with Crippen LogP contribution in [0.3, 0.4) is 0 Å². The average Bonchev–Trinajstić information content (AvgIpc) is 3.34. The van der Waals surface area contributed by atoms with Gasteiger partial charge in [-0.25, -0.2) is 4.79 Å². The summed E-state index contributed by atoms with van der Waals surface area (Å²) in [7, 11) is 3.16. The van der Waals surface area contributed by atoms with E-state index in [1.54, 1.807) is 6.07 Å². The fraction of sp³-hybridized carbons (Fsp3) is 0.364. The number of methoxy groups -OCH3 is 1. The van der Waals surface area contributed by atoms with Gasteiger partial charge < -0.3 is 19.4 Å². The van der Waals surface area contributed by atoms with Gasteiger partial charge in [0.15, 0.2) is 11.0 Å². The zero-order valence-electron chi connectivity index (χ0n) is 18.7. The number of nitrogens with one attached hydrogen (secondary N) is 1. The summed E-state index contributed by atoms with van der Waals surface area (Å²) < 4.78 is 12.5. The number of rotatable bonds is 9. The second-order valence-electron chi connectivity index (χ2n) is 7.15. The van der Waals surface area contributed by atoms with Gasteiger partial charge in [-0.3, -0.25) is 4.79 Å². The second-order valence-corrected chi connectivity index (χ2v) is 9.23. The molecule has 1 aromatic carbocycles. The quantitative estimate of drug-likeness (QED) is 0.368. The molecule has 2 heterocycles. The minimum Gasteiger partial charge on any atom is -0.485 e. The van der Waals surface area contributed by atoms with Crippen LogP contribution in [0.25, 0.3) is 0 Å². The van der Waals surface area contributed by atoms with E-state index in [1.807, 2.05) is 44.5 Å². The summed E-state index contributed by atoms with van der Waals surface area (Å²) in [6.07, 6.45) is 0.769. The minimum atomic E-state index is -0.467. The Morgan fingerprint density at radius 3 is 2.69 bits per heavy atom. The summed E-state index contributed by atoms with van der Waals surface area (Å²) >= 11 is 2.64. The van der Waals surface area contributed by atoms with Gasteiger partial charge in [-0.05, 0) is 38.0 Å². The van der Waals surface area contributed by atoms with Crippen LogP contribution in [-0.4, -0.2) is 39.5 Å². The molecule has 1 N–H and O–H groups in total. The van der Waals surface area contributed by atoms with E-state index in [1.165, 1.54) is 35.8 Å². The average molecular weight is 475 g/mol. The lowest BCUT2D eigenvalue weighted by Gasteiger charge is -2.09. The van der Waals surface area contributed by atoms with Crippen molar-refractivity contribution in [2.24, 2.45) is 7.05 Å². The van der Waals surface area contributed by atoms with Gasteiger partial charge in [0.05, 0.1) is 18.4 Å². The topological polar surface area (TPSA) is 95.3 Å². The number of aromatic nitrogens is 3. The number of amides is 1. The lowest BCUT2D eigenvalue weighted by molar-refractivity contribution is -0.113. The van der Waals surface area contributed by atoms with Crippen LogP contribution in [0, 0.1) is 13.8 Å². The monoisotopic (exact) mass is 474 g/mol. The number of nitrogens with zero attached hydrogens (tertiary/aromatic N) is 3. The van der Waals surface area contributed by atoms with E-state index in [-0.39, 0.29) is 18.3 Å². The first-order chi connectivity index (χ1) is 15.3. The van der Waals surface area contributed by atoms with Gasteiger partial charge in [0.2, 0.25) is 5.91 Å². The normalized spacial score (nSPS) is 10.8. The second kappa shape index (κ2) is 10.6. The van der Waals surface area contributed by atoms with Crippen LogP contribution in [0.5, 0.6) is 5.75 Å². The Morgan fingerprint density at radius 1 is 1.22 bits per heavy atom. The summed E-state index contributed by atoms with van der Waals surface area (Å²) in [5.41, 5.74) is 2.61. The molecule has 32 heavy (non-hydrogen) atoms. The summed E-state index contributed by atoms with van der Waals surface area (Å²) in [5, 5.41) is 12.3. The first kappa shape index (κ1) is 23.8. The Morgan fingerprint density at radius 2 is 2.00 bits per heavy atom. The molecule has 0 saturated carbocycles. The summed E-state index contributed by atoms with van der Waals surface area (Å²) in [5.74, 6) is 0.887. The zero-order valence-corrected chi connectivity index (χ0v) is 20.4. The van der Waals surface area contributed by atoms with Gasteiger partial charge in [0.25, 0.3) is 0 Å². The Kier molecular flexibility index (Phi) is 7.92. The highest BCUT2D eigenvalue weighted by Gasteiger charge is 2.19. The van der Waals surface area contributed by atoms with Gasteiger partial charge in [-0.15, -0.1) is 21.5 Å². The molecule has 0 aliphatic heterocycles. The molecule has 8 nitrogen and oxygen atoms in total. The number of carbonyl (C=O) groups is 2. The summed E-state index contributed by atoms with van der Waals surface area (Å²) in [6.45, 7) is 6.31. The smallest absolute Gasteiger partial charge is 0.340 e. The number of thioether (sulfide) groups is 1. The van der Waals surface area contributed by atoms with E-state index in [2.05, 4.69) is 21.6 Å². The number of hydrogen-bond acceptors (Lipinski definition) is 8. The van der Waals surface area contributed by atoms with Crippen LogP contribution in [0.2, 0.25) is 0 Å². The van der Waals surface area contributed by atoms with Crippen molar-refractivity contribution in [2.45, 2.75) is 39.0 Å². The molecule has 10 heteroatoms. The van der Waals surface area contributed by atoms with Crippen molar-refractivity contribution in [3.8, 4) is 5.75 Å². The molecule has 0 saturated heterocycles. The number of esters is 1. The van der Waals surface area contributed by atoms with Gasteiger partial charge >= 0.3 is 5.97 Å². The molecule has 1 amide bonds. The highest BCUT2D eigenvalue weighted by atomic mass is 32.2. The molecule has 0 atom stereocenters.